The molecule has 0 aliphatic heterocycles. The van der Waals surface area contributed by atoms with Gasteiger partial charge in [0.05, 0.1) is 33.4 Å². The molecular weight excluding hydrogens is 643 g/mol. The van der Waals surface area contributed by atoms with E-state index in [1.807, 2.05) is 12.3 Å². The lowest BCUT2D eigenvalue weighted by molar-refractivity contribution is 0.795. The third-order valence-corrected chi connectivity index (χ3v) is 11.7. The summed E-state index contributed by atoms with van der Waals surface area (Å²) in [5.41, 5.74) is 17.0. The molecule has 0 fully saturated rings. The van der Waals surface area contributed by atoms with Gasteiger partial charge in [0.1, 0.15) is 0 Å². The maximum absolute atomic E-state index is 5.41. The van der Waals surface area contributed by atoms with Crippen LogP contribution in [0.4, 0.5) is 0 Å². The number of fused-ring (bicyclic) bond motifs is 16. The van der Waals surface area contributed by atoms with Crippen molar-refractivity contribution in [3.63, 3.8) is 0 Å². The van der Waals surface area contributed by atoms with E-state index in [1.165, 1.54) is 49.9 Å². The summed E-state index contributed by atoms with van der Waals surface area (Å²) >= 11 is 0. The van der Waals surface area contributed by atoms with Gasteiger partial charge in [0.25, 0.3) is 0 Å². The summed E-state index contributed by atoms with van der Waals surface area (Å²) in [6.45, 7) is 0. The van der Waals surface area contributed by atoms with Crippen LogP contribution in [-0.2, 0) is 5.41 Å². The fraction of sp³-hybridized carbons (Fsp3) is 0.0200. The van der Waals surface area contributed by atoms with Crippen molar-refractivity contribution in [3.05, 3.63) is 198 Å². The quantitative estimate of drug-likeness (QED) is 0.172. The second-order valence-electron chi connectivity index (χ2n) is 14.3. The predicted molar refractivity (Wildman–Crippen MR) is 217 cm³/mol. The fourth-order valence-corrected chi connectivity index (χ4v) is 9.47. The minimum atomic E-state index is -0.404. The monoisotopic (exact) mass is 671 g/mol. The summed E-state index contributed by atoms with van der Waals surface area (Å²) < 4.78 is 0. The van der Waals surface area contributed by atoms with Gasteiger partial charge in [-0.3, -0.25) is 4.98 Å². The van der Waals surface area contributed by atoms with Crippen molar-refractivity contribution >= 4 is 43.5 Å². The van der Waals surface area contributed by atoms with Crippen LogP contribution in [0.25, 0.3) is 88.2 Å². The van der Waals surface area contributed by atoms with Crippen molar-refractivity contribution in [1.82, 2.24) is 15.0 Å². The topological polar surface area (TPSA) is 38.7 Å². The molecule has 12 rings (SSSR count). The van der Waals surface area contributed by atoms with Gasteiger partial charge in [-0.25, -0.2) is 9.97 Å². The summed E-state index contributed by atoms with van der Waals surface area (Å²) in [4.78, 5) is 15.3. The maximum Gasteiger partial charge on any atom is 0.0972 e. The Hall–Kier alpha value is -6.97. The standard InChI is InChI=1S/C50H29N3/c1-5-18-41-34(14-1)35-15-2-6-19-42(35)50(41)43-20-7-3-16-36(43)39-28-40-38(29-44(39)50)37-17-4-8-21-46(37)53-47(40)33-12-9-11-32(27-33)45-25-24-31-23-22-30-13-10-26-51-48(30)49(31)52-45/h1-29H. The van der Waals surface area contributed by atoms with Crippen molar-refractivity contribution in [3.8, 4) is 44.8 Å². The highest BCUT2D eigenvalue weighted by Crippen LogP contribution is 2.63. The lowest BCUT2D eigenvalue weighted by Crippen LogP contribution is -2.25. The number of rotatable bonds is 2. The van der Waals surface area contributed by atoms with Gasteiger partial charge in [-0.05, 0) is 86.3 Å². The number of hydrogen-bond donors (Lipinski definition) is 0. The molecule has 244 valence electrons. The second-order valence-corrected chi connectivity index (χ2v) is 14.3. The van der Waals surface area contributed by atoms with E-state index in [0.29, 0.717) is 0 Å². The zero-order chi connectivity index (χ0) is 34.7. The van der Waals surface area contributed by atoms with Gasteiger partial charge in [-0.15, -0.1) is 0 Å². The molecule has 10 aromatic rings. The van der Waals surface area contributed by atoms with Gasteiger partial charge in [0.2, 0.25) is 0 Å². The van der Waals surface area contributed by atoms with E-state index in [2.05, 4.69) is 164 Å². The van der Waals surface area contributed by atoms with E-state index in [4.69, 9.17) is 15.0 Å². The van der Waals surface area contributed by atoms with E-state index in [9.17, 15) is 0 Å². The third-order valence-electron chi connectivity index (χ3n) is 11.7. The maximum atomic E-state index is 5.41. The Morgan fingerprint density at radius 1 is 0.377 bits per heavy atom. The lowest BCUT2D eigenvalue weighted by Gasteiger charge is -2.30. The summed E-state index contributed by atoms with van der Waals surface area (Å²) in [5.74, 6) is 0. The Morgan fingerprint density at radius 2 is 1.02 bits per heavy atom. The molecule has 2 aliphatic carbocycles. The Bertz CT molecular complexity index is 3150. The van der Waals surface area contributed by atoms with Gasteiger partial charge < -0.3 is 0 Å². The molecule has 0 radical (unpaired) electrons. The van der Waals surface area contributed by atoms with Crippen molar-refractivity contribution < 1.29 is 0 Å². The number of para-hydroxylation sites is 1. The van der Waals surface area contributed by atoms with E-state index in [-0.39, 0.29) is 0 Å². The smallest absolute Gasteiger partial charge is 0.0972 e. The molecule has 2 aliphatic rings. The molecule has 3 nitrogen and oxygen atoms in total. The van der Waals surface area contributed by atoms with E-state index in [1.54, 1.807) is 0 Å². The average Bonchev–Trinajstić information content (AvgIpc) is 3.69. The van der Waals surface area contributed by atoms with Crippen molar-refractivity contribution in [2.45, 2.75) is 5.41 Å². The molecule has 0 atom stereocenters. The minimum absolute atomic E-state index is 0.404. The number of benzene rings is 7. The van der Waals surface area contributed by atoms with Gasteiger partial charge in [-0.2, -0.15) is 0 Å². The molecule has 53 heavy (non-hydrogen) atoms. The molecule has 0 saturated carbocycles. The number of aromatic nitrogens is 3. The highest BCUT2D eigenvalue weighted by molar-refractivity contribution is 6.14. The lowest BCUT2D eigenvalue weighted by atomic mass is 9.70. The highest BCUT2D eigenvalue weighted by Gasteiger charge is 2.51. The number of pyridine rings is 3. The van der Waals surface area contributed by atoms with Crippen LogP contribution >= 0.6 is 0 Å². The number of nitrogens with zero attached hydrogens (tertiary/aromatic N) is 3. The first-order valence-corrected chi connectivity index (χ1v) is 18.2. The van der Waals surface area contributed by atoms with Gasteiger partial charge in [-0.1, -0.05) is 133 Å². The molecule has 0 amide bonds. The van der Waals surface area contributed by atoms with E-state index in [0.717, 1.165) is 60.6 Å². The van der Waals surface area contributed by atoms with Crippen LogP contribution in [0.15, 0.2) is 176 Å². The predicted octanol–water partition coefficient (Wildman–Crippen LogP) is 12.2. The molecule has 0 N–H and O–H groups in total. The average molecular weight is 672 g/mol. The van der Waals surface area contributed by atoms with E-state index >= 15 is 0 Å². The van der Waals surface area contributed by atoms with Crippen LogP contribution in [0.1, 0.15) is 22.3 Å². The summed E-state index contributed by atoms with van der Waals surface area (Å²) in [5, 5.41) is 5.69. The largest absolute Gasteiger partial charge is 0.254 e. The highest BCUT2D eigenvalue weighted by atomic mass is 14.8. The van der Waals surface area contributed by atoms with Gasteiger partial charge in [0, 0.05) is 38.9 Å². The zero-order valence-electron chi connectivity index (χ0n) is 28.6. The van der Waals surface area contributed by atoms with E-state index < -0.39 is 5.41 Å². The molecule has 3 aromatic heterocycles. The fourth-order valence-electron chi connectivity index (χ4n) is 9.47. The summed E-state index contributed by atoms with van der Waals surface area (Å²) in [6.07, 6.45) is 1.84. The molecule has 7 aromatic carbocycles. The Balaban J connectivity index is 1.13. The molecule has 0 unspecified atom stereocenters. The molecular formula is C50H29N3. The SMILES string of the molecule is c1cc(-c2ccc3ccc4cccnc4c3n2)cc(-c2nc3ccccc3c3cc4c(cc23)-c2ccccc2C42c3ccccc3-c3ccccc32)c1. The Labute approximate surface area is 305 Å². The van der Waals surface area contributed by atoms with Crippen LogP contribution in [0.2, 0.25) is 0 Å². The first kappa shape index (κ1) is 28.7. The molecule has 1 spiro atoms. The molecule has 3 heteroatoms. The van der Waals surface area contributed by atoms with Crippen LogP contribution in [0, 0.1) is 0 Å². The van der Waals surface area contributed by atoms with Crippen molar-refractivity contribution in [2.24, 2.45) is 0 Å². The van der Waals surface area contributed by atoms with Gasteiger partial charge in [0.15, 0.2) is 0 Å². The zero-order valence-corrected chi connectivity index (χ0v) is 28.6. The normalized spacial score (nSPS) is 13.4. The van der Waals surface area contributed by atoms with Gasteiger partial charge >= 0.3 is 0 Å². The van der Waals surface area contributed by atoms with Crippen LogP contribution in [0.5, 0.6) is 0 Å². The molecule has 3 heterocycles. The van der Waals surface area contributed by atoms with Crippen molar-refractivity contribution in [2.75, 3.05) is 0 Å². The first-order valence-electron chi connectivity index (χ1n) is 18.2. The summed E-state index contributed by atoms with van der Waals surface area (Å²) in [6, 6.07) is 61.8. The minimum Gasteiger partial charge on any atom is -0.254 e. The van der Waals surface area contributed by atoms with Crippen LogP contribution in [-0.4, -0.2) is 15.0 Å². The van der Waals surface area contributed by atoms with Crippen LogP contribution < -0.4 is 0 Å². The Morgan fingerprint density at radius 3 is 1.79 bits per heavy atom. The molecule has 0 saturated heterocycles. The second kappa shape index (κ2) is 10.5. The summed E-state index contributed by atoms with van der Waals surface area (Å²) in [7, 11) is 0. The van der Waals surface area contributed by atoms with Crippen LogP contribution in [0.3, 0.4) is 0 Å². The Kier molecular flexibility index (Phi) is 5.70. The third kappa shape index (κ3) is 3.80. The first-order chi connectivity index (χ1) is 26.3. The van der Waals surface area contributed by atoms with Crippen molar-refractivity contribution in [1.29, 1.82) is 0 Å². The number of hydrogen-bond acceptors (Lipinski definition) is 3. The molecule has 0 bridgehead atoms.